The molecule has 88 valence electrons. The lowest BCUT2D eigenvalue weighted by Gasteiger charge is -2.21. The van der Waals surface area contributed by atoms with Crippen LogP contribution >= 0.6 is 12.2 Å². The molecule has 0 fully saturated rings. The third kappa shape index (κ3) is 7.24. The van der Waals surface area contributed by atoms with Gasteiger partial charge in [0.1, 0.15) is 6.61 Å². The molecule has 0 aromatic carbocycles. The van der Waals surface area contributed by atoms with Gasteiger partial charge in [-0.15, -0.1) is 0 Å². The highest BCUT2D eigenvalue weighted by Crippen LogP contribution is 1.94. The largest absolute Gasteiger partial charge is 0.393 e. The van der Waals surface area contributed by atoms with Crippen LogP contribution < -0.4 is 5.73 Å². The minimum atomic E-state index is -0.0780. The number of thiocarbonyl (C=S) groups is 1. The first kappa shape index (κ1) is 14.3. The van der Waals surface area contributed by atoms with Crippen molar-refractivity contribution in [3.8, 4) is 0 Å². The fraction of sp³-hybridized carbons (Fsp3) is 0.778. The van der Waals surface area contributed by atoms with E-state index in [-0.39, 0.29) is 12.5 Å². The molecule has 0 aromatic rings. The van der Waals surface area contributed by atoms with E-state index in [0.29, 0.717) is 31.1 Å². The van der Waals surface area contributed by atoms with Crippen LogP contribution in [-0.2, 0) is 14.3 Å². The predicted molar refractivity (Wildman–Crippen MR) is 61.7 cm³/mol. The molecule has 0 spiro atoms. The lowest BCUT2D eigenvalue weighted by atomic mass is 10.3. The van der Waals surface area contributed by atoms with E-state index in [1.807, 2.05) is 0 Å². The summed E-state index contributed by atoms with van der Waals surface area (Å²) in [5, 5.41) is 0. The Hall–Kier alpha value is -0.720. The number of carbonyl (C=O) groups is 1. The zero-order valence-corrected chi connectivity index (χ0v) is 10.0. The summed E-state index contributed by atoms with van der Waals surface area (Å²) in [4.78, 5) is 13.6. The molecule has 2 N–H and O–H groups in total. The molecule has 5 nitrogen and oxygen atoms in total. The summed E-state index contributed by atoms with van der Waals surface area (Å²) >= 11 is 4.75. The first-order valence-electron chi connectivity index (χ1n) is 4.65. The average Bonchev–Trinajstić information content (AvgIpc) is 2.17. The van der Waals surface area contributed by atoms with Crippen LogP contribution in [0.3, 0.4) is 0 Å². The number of ether oxygens (including phenoxy) is 2. The molecule has 0 saturated carbocycles. The Morgan fingerprint density at radius 2 is 2.00 bits per heavy atom. The molecule has 0 unspecified atom stereocenters. The van der Waals surface area contributed by atoms with Crippen LogP contribution in [0.2, 0.25) is 0 Å². The molecule has 0 bridgehead atoms. The van der Waals surface area contributed by atoms with Crippen molar-refractivity contribution in [3.63, 3.8) is 0 Å². The van der Waals surface area contributed by atoms with Gasteiger partial charge < -0.3 is 20.1 Å². The summed E-state index contributed by atoms with van der Waals surface area (Å²) in [7, 11) is 3.08. The molecule has 15 heavy (non-hydrogen) atoms. The standard InChI is InChI=1S/C9H18N2O3S/c1-13-6-5-11(4-3-8(10)15)9(12)7-14-2/h3-7H2,1-2H3,(H2,10,15). The van der Waals surface area contributed by atoms with E-state index in [0.717, 1.165) is 0 Å². The summed E-state index contributed by atoms with van der Waals surface area (Å²) in [6, 6.07) is 0. The third-order valence-corrected chi connectivity index (χ3v) is 2.02. The van der Waals surface area contributed by atoms with E-state index in [9.17, 15) is 4.79 Å². The molecule has 0 aliphatic rings. The number of nitrogens with two attached hydrogens (primary N) is 1. The molecule has 6 heteroatoms. The molecule has 0 aliphatic heterocycles. The van der Waals surface area contributed by atoms with Crippen LogP contribution in [0.5, 0.6) is 0 Å². The summed E-state index contributed by atoms with van der Waals surface area (Å²) in [6.07, 6.45) is 0.522. The molecule has 0 atom stereocenters. The van der Waals surface area contributed by atoms with Crippen LogP contribution in [0, 0.1) is 0 Å². The minimum Gasteiger partial charge on any atom is -0.393 e. The molecule has 0 aliphatic carbocycles. The van der Waals surface area contributed by atoms with Crippen molar-refractivity contribution in [1.29, 1.82) is 0 Å². The first-order chi connectivity index (χ1) is 7.11. The van der Waals surface area contributed by atoms with Crippen molar-refractivity contribution < 1.29 is 14.3 Å². The Balaban J connectivity index is 4.04. The quantitative estimate of drug-likeness (QED) is 0.588. The van der Waals surface area contributed by atoms with Crippen LogP contribution in [0.1, 0.15) is 6.42 Å². The number of methoxy groups -OCH3 is 2. The van der Waals surface area contributed by atoms with Crippen molar-refractivity contribution in [3.05, 3.63) is 0 Å². The second-order valence-corrected chi connectivity index (χ2v) is 3.55. The van der Waals surface area contributed by atoms with Gasteiger partial charge in [0.15, 0.2) is 0 Å². The van der Waals surface area contributed by atoms with Gasteiger partial charge in [0, 0.05) is 33.7 Å². The SMILES string of the molecule is COCCN(CCC(N)=S)C(=O)COC. The maximum absolute atomic E-state index is 11.5. The van der Waals surface area contributed by atoms with Gasteiger partial charge in [0.25, 0.3) is 0 Å². The Labute approximate surface area is 95.5 Å². The van der Waals surface area contributed by atoms with Crippen LogP contribution in [0.25, 0.3) is 0 Å². The van der Waals surface area contributed by atoms with Gasteiger partial charge in [0.2, 0.25) is 5.91 Å². The molecular formula is C9H18N2O3S. The number of nitrogens with zero attached hydrogens (tertiary/aromatic N) is 1. The first-order valence-corrected chi connectivity index (χ1v) is 5.06. The van der Waals surface area contributed by atoms with E-state index in [4.69, 9.17) is 27.4 Å². The van der Waals surface area contributed by atoms with Crippen molar-refractivity contribution in [1.82, 2.24) is 4.90 Å². The fourth-order valence-corrected chi connectivity index (χ4v) is 1.11. The number of hydrogen-bond acceptors (Lipinski definition) is 4. The second kappa shape index (κ2) is 8.58. The van der Waals surface area contributed by atoms with Crippen LogP contribution in [-0.4, -0.2) is 56.3 Å². The van der Waals surface area contributed by atoms with Gasteiger partial charge in [-0.05, 0) is 0 Å². The molecular weight excluding hydrogens is 216 g/mol. The van der Waals surface area contributed by atoms with E-state index >= 15 is 0 Å². The minimum absolute atomic E-state index is 0.0705. The van der Waals surface area contributed by atoms with E-state index < -0.39 is 0 Å². The summed E-state index contributed by atoms with van der Waals surface area (Å²) in [5.41, 5.74) is 5.37. The molecule has 1 amide bonds. The summed E-state index contributed by atoms with van der Waals surface area (Å²) in [6.45, 7) is 1.61. The van der Waals surface area contributed by atoms with Crippen molar-refractivity contribution in [2.24, 2.45) is 5.73 Å². The number of amides is 1. The highest BCUT2D eigenvalue weighted by molar-refractivity contribution is 7.80. The zero-order chi connectivity index (χ0) is 11.7. The maximum atomic E-state index is 11.5. The Kier molecular flexibility index (Phi) is 8.17. The van der Waals surface area contributed by atoms with Crippen molar-refractivity contribution in [2.45, 2.75) is 6.42 Å². The zero-order valence-electron chi connectivity index (χ0n) is 9.19. The Bertz CT molecular complexity index is 212. The number of carbonyl (C=O) groups excluding carboxylic acids is 1. The molecule has 0 saturated heterocycles. The monoisotopic (exact) mass is 234 g/mol. The maximum Gasteiger partial charge on any atom is 0.248 e. The van der Waals surface area contributed by atoms with Crippen LogP contribution in [0.15, 0.2) is 0 Å². The fourth-order valence-electron chi connectivity index (χ4n) is 1.02. The highest BCUT2D eigenvalue weighted by Gasteiger charge is 2.12. The van der Waals surface area contributed by atoms with Gasteiger partial charge in [-0.1, -0.05) is 12.2 Å². The highest BCUT2D eigenvalue weighted by atomic mass is 32.1. The Morgan fingerprint density at radius 1 is 1.33 bits per heavy atom. The molecule has 0 rings (SSSR count). The molecule has 0 radical (unpaired) electrons. The topological polar surface area (TPSA) is 64.8 Å². The van der Waals surface area contributed by atoms with Crippen LogP contribution in [0.4, 0.5) is 0 Å². The van der Waals surface area contributed by atoms with Gasteiger partial charge in [-0.2, -0.15) is 0 Å². The van der Waals surface area contributed by atoms with E-state index in [1.54, 1.807) is 12.0 Å². The van der Waals surface area contributed by atoms with Gasteiger partial charge in [-0.3, -0.25) is 4.79 Å². The Morgan fingerprint density at radius 3 is 2.47 bits per heavy atom. The lowest BCUT2D eigenvalue weighted by molar-refractivity contribution is -0.135. The third-order valence-electron chi connectivity index (χ3n) is 1.81. The smallest absolute Gasteiger partial charge is 0.248 e. The van der Waals surface area contributed by atoms with Crippen molar-refractivity contribution >= 4 is 23.1 Å². The number of rotatable bonds is 8. The van der Waals surface area contributed by atoms with Gasteiger partial charge in [0.05, 0.1) is 11.6 Å². The van der Waals surface area contributed by atoms with E-state index in [2.05, 4.69) is 0 Å². The predicted octanol–water partition coefficient (Wildman–Crippen LogP) is -0.216. The summed E-state index contributed by atoms with van der Waals surface area (Å²) < 4.78 is 9.68. The normalized spacial score (nSPS) is 10.0. The molecule has 0 aromatic heterocycles. The lowest BCUT2D eigenvalue weighted by Crippen LogP contribution is -2.38. The second-order valence-electron chi connectivity index (χ2n) is 3.02. The molecule has 0 heterocycles. The van der Waals surface area contributed by atoms with Gasteiger partial charge >= 0.3 is 0 Å². The van der Waals surface area contributed by atoms with E-state index in [1.165, 1.54) is 7.11 Å². The summed E-state index contributed by atoms with van der Waals surface area (Å²) in [5.74, 6) is -0.0780. The van der Waals surface area contributed by atoms with Crippen molar-refractivity contribution in [2.75, 3.05) is 40.5 Å². The average molecular weight is 234 g/mol. The number of hydrogen-bond donors (Lipinski definition) is 1. The van der Waals surface area contributed by atoms with Gasteiger partial charge in [-0.25, -0.2) is 0 Å².